The van der Waals surface area contributed by atoms with Gasteiger partial charge >= 0.3 is 5.97 Å². The fraction of sp³-hybridized carbons (Fsp3) is 0.143. The minimum atomic E-state index is -1.08. The first-order valence-electron chi connectivity index (χ1n) is 8.57. The van der Waals surface area contributed by atoms with Crippen LogP contribution < -0.4 is 10.1 Å². The molecular weight excluding hydrogens is 344 g/mol. The molecule has 1 atom stereocenters. The maximum atomic E-state index is 12.4. The molecule has 1 aliphatic rings. The average Bonchev–Trinajstić information content (AvgIpc) is 3.07. The van der Waals surface area contributed by atoms with Crippen molar-refractivity contribution in [1.82, 2.24) is 4.57 Å². The molecule has 0 bridgehead atoms. The normalized spacial score (nSPS) is 15.7. The minimum Gasteiger partial charge on any atom is -0.496 e. The molecule has 0 saturated heterocycles. The number of carboxylic acids is 1. The van der Waals surface area contributed by atoms with Gasteiger partial charge in [0.1, 0.15) is 11.3 Å². The van der Waals surface area contributed by atoms with E-state index in [4.69, 9.17) is 4.74 Å². The largest absolute Gasteiger partial charge is 0.496 e. The number of ether oxygens (including phenoxy) is 1. The number of amides is 1. The molecule has 2 heterocycles. The van der Waals surface area contributed by atoms with Gasteiger partial charge in [-0.15, -0.1) is 0 Å². The van der Waals surface area contributed by atoms with Gasteiger partial charge in [0, 0.05) is 29.8 Å². The molecule has 0 aliphatic carbocycles. The molecule has 0 fully saturated rings. The number of aromatic carboxylic acids is 1. The summed E-state index contributed by atoms with van der Waals surface area (Å²) in [4.78, 5) is 24.2. The van der Waals surface area contributed by atoms with Gasteiger partial charge in [-0.25, -0.2) is 4.79 Å². The summed E-state index contributed by atoms with van der Waals surface area (Å²) in [6.45, 7) is 0. The van der Waals surface area contributed by atoms with E-state index in [0.717, 1.165) is 16.9 Å². The van der Waals surface area contributed by atoms with E-state index in [2.05, 4.69) is 5.32 Å². The summed E-state index contributed by atoms with van der Waals surface area (Å²) in [6, 6.07) is 17.0. The van der Waals surface area contributed by atoms with Crippen LogP contribution in [0.15, 0.2) is 60.8 Å². The van der Waals surface area contributed by atoms with Gasteiger partial charge in [-0.3, -0.25) is 4.79 Å². The summed E-state index contributed by atoms with van der Waals surface area (Å²) in [6.07, 6.45) is 1.78. The molecule has 27 heavy (non-hydrogen) atoms. The van der Waals surface area contributed by atoms with E-state index in [9.17, 15) is 14.7 Å². The third-order valence-corrected chi connectivity index (χ3v) is 4.81. The van der Waals surface area contributed by atoms with Crippen molar-refractivity contribution in [2.45, 2.75) is 12.3 Å². The van der Waals surface area contributed by atoms with E-state index in [-0.39, 0.29) is 23.8 Å². The van der Waals surface area contributed by atoms with Crippen molar-refractivity contribution in [3.63, 3.8) is 0 Å². The molecule has 136 valence electrons. The van der Waals surface area contributed by atoms with Gasteiger partial charge < -0.3 is 19.7 Å². The minimum absolute atomic E-state index is 0.0711. The van der Waals surface area contributed by atoms with Crippen LogP contribution in [-0.2, 0) is 4.79 Å². The Labute approximate surface area is 156 Å². The third-order valence-electron chi connectivity index (χ3n) is 4.81. The van der Waals surface area contributed by atoms with Crippen molar-refractivity contribution in [3.05, 3.63) is 77.6 Å². The van der Waals surface area contributed by atoms with E-state index in [1.54, 1.807) is 13.3 Å². The van der Waals surface area contributed by atoms with E-state index in [0.29, 0.717) is 11.4 Å². The summed E-state index contributed by atoms with van der Waals surface area (Å²) < 4.78 is 7.33. The van der Waals surface area contributed by atoms with Crippen molar-refractivity contribution < 1.29 is 19.4 Å². The molecule has 4 rings (SSSR count). The number of benzene rings is 2. The number of carbonyl (C=O) groups excluding carboxylic acids is 1. The SMILES string of the molecule is COc1ccccc1[C@H]1CC(=O)Nc2c(C(=O)O)cn(-c3ccccc3)c21. The zero-order valence-corrected chi connectivity index (χ0v) is 14.7. The maximum Gasteiger partial charge on any atom is 0.339 e. The molecule has 0 unspecified atom stereocenters. The monoisotopic (exact) mass is 362 g/mol. The van der Waals surface area contributed by atoms with Crippen LogP contribution in [0, 0.1) is 0 Å². The first-order chi connectivity index (χ1) is 13.1. The smallest absolute Gasteiger partial charge is 0.339 e. The molecule has 0 saturated carbocycles. The molecule has 2 aromatic carbocycles. The number of nitrogens with zero attached hydrogens (tertiary/aromatic N) is 1. The lowest BCUT2D eigenvalue weighted by molar-refractivity contribution is -0.116. The second-order valence-electron chi connectivity index (χ2n) is 6.36. The second-order valence-corrected chi connectivity index (χ2v) is 6.36. The van der Waals surface area contributed by atoms with Crippen molar-refractivity contribution in [2.75, 3.05) is 12.4 Å². The predicted molar refractivity (Wildman–Crippen MR) is 101 cm³/mol. The number of nitrogens with one attached hydrogen (secondary N) is 1. The summed E-state index contributed by atoms with van der Waals surface area (Å²) in [5.41, 5.74) is 2.84. The number of methoxy groups -OCH3 is 1. The van der Waals surface area contributed by atoms with Crippen molar-refractivity contribution in [2.24, 2.45) is 0 Å². The Morgan fingerprint density at radius 1 is 1.15 bits per heavy atom. The first kappa shape index (κ1) is 16.9. The Bertz CT molecular complexity index is 1020. The van der Waals surface area contributed by atoms with Gasteiger partial charge in [0.2, 0.25) is 5.91 Å². The van der Waals surface area contributed by atoms with Crippen molar-refractivity contribution in [3.8, 4) is 11.4 Å². The van der Waals surface area contributed by atoms with Gasteiger partial charge in [0.25, 0.3) is 0 Å². The number of anilines is 1. The molecule has 1 aromatic heterocycles. The number of para-hydroxylation sites is 2. The van der Waals surface area contributed by atoms with Crippen LogP contribution in [0.3, 0.4) is 0 Å². The molecule has 3 aromatic rings. The van der Waals surface area contributed by atoms with Crippen LogP contribution in [0.4, 0.5) is 5.69 Å². The quantitative estimate of drug-likeness (QED) is 0.742. The Morgan fingerprint density at radius 3 is 2.56 bits per heavy atom. The topological polar surface area (TPSA) is 80.6 Å². The highest BCUT2D eigenvalue weighted by atomic mass is 16.5. The zero-order valence-electron chi connectivity index (χ0n) is 14.7. The summed E-state index contributed by atoms with van der Waals surface area (Å²) in [7, 11) is 1.58. The third kappa shape index (κ3) is 2.85. The highest BCUT2D eigenvalue weighted by Crippen LogP contribution is 2.44. The van der Waals surface area contributed by atoms with Gasteiger partial charge in [-0.2, -0.15) is 0 Å². The average molecular weight is 362 g/mol. The lowest BCUT2D eigenvalue weighted by atomic mass is 9.87. The van der Waals surface area contributed by atoms with Crippen LogP contribution in [-0.4, -0.2) is 28.7 Å². The Kier molecular flexibility index (Phi) is 4.16. The predicted octanol–water partition coefficient (Wildman–Crippen LogP) is 3.66. The molecule has 6 nitrogen and oxygen atoms in total. The van der Waals surface area contributed by atoms with Crippen LogP contribution in [0.2, 0.25) is 0 Å². The Hall–Kier alpha value is -3.54. The summed E-state index contributed by atoms with van der Waals surface area (Å²) in [5, 5.41) is 12.4. The van der Waals surface area contributed by atoms with Gasteiger partial charge in [0.05, 0.1) is 18.5 Å². The van der Waals surface area contributed by atoms with Crippen LogP contribution >= 0.6 is 0 Å². The lowest BCUT2D eigenvalue weighted by Gasteiger charge is -2.27. The number of rotatable bonds is 4. The lowest BCUT2D eigenvalue weighted by Crippen LogP contribution is -2.25. The number of carboxylic acid groups (broad SMARTS) is 1. The highest BCUT2D eigenvalue weighted by Gasteiger charge is 2.35. The molecule has 0 radical (unpaired) electrons. The fourth-order valence-corrected chi connectivity index (χ4v) is 3.64. The van der Waals surface area contributed by atoms with Crippen LogP contribution in [0.5, 0.6) is 5.75 Å². The number of carbonyl (C=O) groups is 2. The van der Waals surface area contributed by atoms with Gasteiger partial charge in [-0.05, 0) is 18.2 Å². The maximum absolute atomic E-state index is 12.4. The molecular formula is C21H18N2O4. The molecule has 0 spiro atoms. The van der Waals surface area contributed by atoms with E-state index in [1.807, 2.05) is 59.2 Å². The molecule has 6 heteroatoms. The van der Waals surface area contributed by atoms with Crippen molar-refractivity contribution >= 4 is 17.6 Å². The Balaban J connectivity index is 1.99. The Morgan fingerprint density at radius 2 is 1.85 bits per heavy atom. The molecule has 1 aliphatic heterocycles. The number of aromatic nitrogens is 1. The van der Waals surface area contributed by atoms with Crippen molar-refractivity contribution in [1.29, 1.82) is 0 Å². The summed E-state index contributed by atoms with van der Waals surface area (Å²) in [5.74, 6) is -0.951. The molecule has 1 amide bonds. The standard InChI is InChI=1S/C21H18N2O4/c1-27-17-10-6-5-9-14(17)15-11-18(24)22-19-16(21(25)26)12-23(20(15)19)13-7-3-2-4-8-13/h2-10,12,15H,11H2,1H3,(H,22,24)(H,25,26)/t15-/m1/s1. The molecule has 2 N–H and O–H groups in total. The van der Waals surface area contributed by atoms with Crippen LogP contribution in [0.25, 0.3) is 5.69 Å². The second kappa shape index (κ2) is 6.64. The van der Waals surface area contributed by atoms with E-state index < -0.39 is 5.97 Å². The van der Waals surface area contributed by atoms with Crippen LogP contribution in [0.1, 0.15) is 34.0 Å². The number of hydrogen-bond donors (Lipinski definition) is 2. The number of fused-ring (bicyclic) bond motifs is 1. The van der Waals surface area contributed by atoms with E-state index >= 15 is 0 Å². The fourth-order valence-electron chi connectivity index (χ4n) is 3.64. The number of hydrogen-bond acceptors (Lipinski definition) is 3. The highest BCUT2D eigenvalue weighted by molar-refractivity contribution is 6.04. The zero-order chi connectivity index (χ0) is 19.0. The van der Waals surface area contributed by atoms with Gasteiger partial charge in [0.15, 0.2) is 0 Å². The van der Waals surface area contributed by atoms with E-state index in [1.165, 1.54) is 0 Å². The first-order valence-corrected chi connectivity index (χ1v) is 8.57. The van der Waals surface area contributed by atoms with Gasteiger partial charge in [-0.1, -0.05) is 36.4 Å². The summed E-state index contributed by atoms with van der Waals surface area (Å²) >= 11 is 0.